The van der Waals surface area contributed by atoms with Crippen molar-refractivity contribution in [2.75, 3.05) is 19.8 Å². The molecular weight excluding hydrogens is 455 g/mol. The minimum atomic E-state index is -2.55. The van der Waals surface area contributed by atoms with E-state index >= 15 is 0 Å². The van der Waals surface area contributed by atoms with Gasteiger partial charge in [0.1, 0.15) is 0 Å². The van der Waals surface area contributed by atoms with Gasteiger partial charge in [0.25, 0.3) is 0 Å². The number of hydrogen-bond acceptors (Lipinski definition) is 3. The second kappa shape index (κ2) is 14.4. The van der Waals surface area contributed by atoms with Gasteiger partial charge in [-0.2, -0.15) is 0 Å². The van der Waals surface area contributed by atoms with Crippen LogP contribution >= 0.6 is 33.2 Å². The molecule has 0 spiro atoms. The van der Waals surface area contributed by atoms with E-state index in [4.69, 9.17) is 46.8 Å². The van der Waals surface area contributed by atoms with Gasteiger partial charge in [0, 0.05) is 6.61 Å². The molecule has 0 aromatic heterocycles. The molecule has 0 saturated carbocycles. The second-order valence-electron chi connectivity index (χ2n) is 7.33. The molecular formula is C18H41Cl3O3Si3. The Kier molecular flexibility index (Phi) is 15.2. The monoisotopic (exact) mass is 494 g/mol. The number of rotatable bonds is 17. The molecule has 0 saturated heterocycles. The van der Waals surface area contributed by atoms with Crippen molar-refractivity contribution in [1.29, 1.82) is 0 Å². The van der Waals surface area contributed by atoms with Crippen molar-refractivity contribution in [3.8, 4) is 0 Å². The molecule has 0 aromatic carbocycles. The third kappa shape index (κ3) is 11.4. The first-order valence-corrected chi connectivity index (χ1v) is 20.9. The van der Waals surface area contributed by atoms with E-state index in [-0.39, 0.29) is 6.10 Å². The molecule has 0 heterocycles. The highest BCUT2D eigenvalue weighted by atomic mass is 35.8. The van der Waals surface area contributed by atoms with Gasteiger partial charge in [0.2, 0.25) is 0 Å². The Hall–Kier alpha value is 1.40. The summed E-state index contributed by atoms with van der Waals surface area (Å²) in [6.07, 6.45) is 0.796. The molecule has 0 aliphatic carbocycles. The zero-order chi connectivity index (χ0) is 21.0. The van der Waals surface area contributed by atoms with Crippen molar-refractivity contribution in [3.63, 3.8) is 0 Å². The molecule has 1 unspecified atom stereocenters. The van der Waals surface area contributed by atoms with Crippen LogP contribution < -0.4 is 0 Å². The first kappa shape index (κ1) is 28.4. The van der Waals surface area contributed by atoms with Crippen molar-refractivity contribution in [3.05, 3.63) is 0 Å². The van der Waals surface area contributed by atoms with E-state index in [1.807, 2.05) is 0 Å². The highest BCUT2D eigenvalue weighted by Gasteiger charge is 2.35. The third-order valence-electron chi connectivity index (χ3n) is 5.91. The van der Waals surface area contributed by atoms with E-state index in [1.54, 1.807) is 0 Å². The minimum Gasteiger partial charge on any atom is -0.414 e. The third-order valence-corrected chi connectivity index (χ3v) is 17.9. The van der Waals surface area contributed by atoms with Crippen LogP contribution in [0.25, 0.3) is 0 Å². The summed E-state index contributed by atoms with van der Waals surface area (Å²) < 4.78 is 19.1. The van der Waals surface area contributed by atoms with Crippen LogP contribution in [-0.4, -0.2) is 48.6 Å². The normalized spacial score (nSPS) is 14.6. The number of ether oxygens (including phenoxy) is 1. The van der Waals surface area contributed by atoms with Crippen LogP contribution in [0.15, 0.2) is 0 Å². The largest absolute Gasteiger partial charge is 0.414 e. The van der Waals surface area contributed by atoms with E-state index in [0.717, 1.165) is 42.7 Å². The Bertz CT molecular complexity index is 360. The maximum atomic E-state index is 6.70. The lowest BCUT2D eigenvalue weighted by molar-refractivity contribution is 0.0177. The summed E-state index contributed by atoms with van der Waals surface area (Å²) in [6, 6.07) is 4.94. The van der Waals surface area contributed by atoms with E-state index in [9.17, 15) is 0 Å². The van der Waals surface area contributed by atoms with Crippen molar-refractivity contribution in [2.45, 2.75) is 96.4 Å². The molecule has 0 fully saturated rings. The Morgan fingerprint density at radius 3 is 1.59 bits per heavy atom. The number of hydrogen-bond donors (Lipinski definition) is 0. The Morgan fingerprint density at radius 1 is 0.704 bits per heavy atom. The summed E-state index contributed by atoms with van der Waals surface area (Å²) in [4.78, 5) is 0. The molecule has 0 aliphatic rings. The summed E-state index contributed by atoms with van der Waals surface area (Å²) in [5.41, 5.74) is 0. The van der Waals surface area contributed by atoms with Crippen LogP contribution in [0.5, 0.6) is 0 Å². The zero-order valence-corrected chi connectivity index (χ0v) is 23.5. The van der Waals surface area contributed by atoms with Gasteiger partial charge in [-0.3, -0.25) is 0 Å². The molecule has 0 rings (SSSR count). The highest BCUT2D eigenvalue weighted by molar-refractivity contribution is 7.64. The lowest BCUT2D eigenvalue weighted by Crippen LogP contribution is -2.46. The molecule has 0 aliphatic heterocycles. The van der Waals surface area contributed by atoms with Crippen LogP contribution in [0.4, 0.5) is 0 Å². The fraction of sp³-hybridized carbons (Fsp3) is 1.00. The van der Waals surface area contributed by atoms with E-state index in [0.29, 0.717) is 25.9 Å². The van der Waals surface area contributed by atoms with Gasteiger partial charge in [-0.15, -0.1) is 33.2 Å². The predicted molar refractivity (Wildman–Crippen MR) is 129 cm³/mol. The Morgan fingerprint density at radius 2 is 1.19 bits per heavy atom. The van der Waals surface area contributed by atoms with E-state index in [2.05, 4.69) is 41.5 Å². The first-order valence-electron chi connectivity index (χ1n) is 10.6. The van der Waals surface area contributed by atoms with Crippen LogP contribution in [0.3, 0.4) is 0 Å². The molecule has 27 heavy (non-hydrogen) atoms. The van der Waals surface area contributed by atoms with Gasteiger partial charge in [0.05, 0.1) is 19.3 Å². The SMILES string of the molecule is CC[Si](CC)(CC)OCC(COCCC[Si](Cl)(Cl)Cl)O[Si](CC)(CC)CC. The van der Waals surface area contributed by atoms with Gasteiger partial charge in [0.15, 0.2) is 16.6 Å². The van der Waals surface area contributed by atoms with Crippen LogP contribution in [0, 0.1) is 0 Å². The van der Waals surface area contributed by atoms with Gasteiger partial charge >= 0.3 is 6.00 Å². The maximum absolute atomic E-state index is 6.70. The zero-order valence-electron chi connectivity index (χ0n) is 18.2. The first-order chi connectivity index (χ1) is 12.6. The predicted octanol–water partition coefficient (Wildman–Crippen LogP) is 7.46. The lowest BCUT2D eigenvalue weighted by atomic mass is 10.4. The van der Waals surface area contributed by atoms with Gasteiger partial charge in [-0.05, 0) is 48.7 Å². The summed E-state index contributed by atoms with van der Waals surface area (Å²) in [5, 5.41) is 0. The summed E-state index contributed by atoms with van der Waals surface area (Å²) in [5.74, 6) is 0. The van der Waals surface area contributed by atoms with E-state index < -0.39 is 22.6 Å². The molecule has 0 radical (unpaired) electrons. The van der Waals surface area contributed by atoms with E-state index in [1.165, 1.54) is 0 Å². The lowest BCUT2D eigenvalue weighted by Gasteiger charge is -2.36. The van der Waals surface area contributed by atoms with Crippen LogP contribution in [0.2, 0.25) is 42.3 Å². The second-order valence-corrected chi connectivity index (χ2v) is 26.1. The standard InChI is InChI=1S/C18H41Cl3O3Si3/c1-7-25(8-2,9-3)23-17-18(24-26(10-4,11-5)12-6)16-22-14-13-15-27(19,20)21/h18H,7-17H2,1-6H3. The molecule has 3 nitrogen and oxygen atoms in total. The molecule has 0 aromatic rings. The smallest absolute Gasteiger partial charge is 0.341 e. The van der Waals surface area contributed by atoms with Gasteiger partial charge in [-0.1, -0.05) is 41.5 Å². The quantitative estimate of drug-likeness (QED) is 0.119. The molecule has 9 heteroatoms. The topological polar surface area (TPSA) is 27.7 Å². The Labute approximate surface area is 185 Å². The average Bonchev–Trinajstić information content (AvgIpc) is 2.66. The maximum Gasteiger partial charge on any atom is 0.341 e. The van der Waals surface area contributed by atoms with Crippen molar-refractivity contribution in [1.82, 2.24) is 0 Å². The molecule has 164 valence electrons. The summed E-state index contributed by atoms with van der Waals surface area (Å²) in [6.45, 7) is 15.4. The Balaban J connectivity index is 4.84. The average molecular weight is 496 g/mol. The summed E-state index contributed by atoms with van der Waals surface area (Å²) >= 11 is 17.8. The minimum absolute atomic E-state index is 0.0121. The molecule has 1 atom stereocenters. The number of halogens is 3. The van der Waals surface area contributed by atoms with Crippen molar-refractivity contribution in [2.24, 2.45) is 0 Å². The van der Waals surface area contributed by atoms with Gasteiger partial charge < -0.3 is 13.6 Å². The van der Waals surface area contributed by atoms with Gasteiger partial charge in [-0.25, -0.2) is 0 Å². The van der Waals surface area contributed by atoms with Crippen molar-refractivity contribution >= 4 is 55.9 Å². The molecule has 0 N–H and O–H groups in total. The fourth-order valence-corrected chi connectivity index (χ4v) is 10.6. The highest BCUT2D eigenvalue weighted by Crippen LogP contribution is 2.27. The van der Waals surface area contributed by atoms with Crippen molar-refractivity contribution < 1.29 is 13.6 Å². The molecule has 0 amide bonds. The van der Waals surface area contributed by atoms with Crippen LogP contribution in [-0.2, 0) is 13.6 Å². The molecule has 0 bridgehead atoms. The van der Waals surface area contributed by atoms with Crippen LogP contribution in [0.1, 0.15) is 48.0 Å². The summed E-state index contributed by atoms with van der Waals surface area (Å²) in [7, 11) is -3.34. The fourth-order valence-electron chi connectivity index (χ4n) is 3.39.